The van der Waals surface area contributed by atoms with Crippen LogP contribution in [0, 0.1) is 5.92 Å². The molecule has 1 aromatic heterocycles. The summed E-state index contributed by atoms with van der Waals surface area (Å²) in [6, 6.07) is 25.1. The van der Waals surface area contributed by atoms with Crippen molar-refractivity contribution in [1.29, 1.82) is 0 Å². The van der Waals surface area contributed by atoms with Crippen LogP contribution in [0.2, 0.25) is 0 Å². The normalized spacial score (nSPS) is 15.0. The number of aromatic nitrogens is 2. The van der Waals surface area contributed by atoms with Crippen LogP contribution in [-0.4, -0.2) is 21.3 Å². The van der Waals surface area contributed by atoms with Gasteiger partial charge in [0.05, 0.1) is 11.7 Å². The zero-order chi connectivity index (χ0) is 21.9. The van der Waals surface area contributed by atoms with Crippen molar-refractivity contribution in [3.8, 4) is 0 Å². The highest BCUT2D eigenvalue weighted by Crippen LogP contribution is 2.46. The van der Waals surface area contributed by atoms with Crippen LogP contribution < -0.4 is 0 Å². The first-order valence-electron chi connectivity index (χ1n) is 10.9. The summed E-state index contributed by atoms with van der Waals surface area (Å²) >= 11 is 0. The van der Waals surface area contributed by atoms with Gasteiger partial charge in [-0.2, -0.15) is 5.10 Å². The molecule has 0 spiro atoms. The van der Waals surface area contributed by atoms with Crippen molar-refractivity contribution in [2.24, 2.45) is 5.92 Å². The van der Waals surface area contributed by atoms with E-state index in [1.807, 2.05) is 18.3 Å². The van der Waals surface area contributed by atoms with Gasteiger partial charge in [-0.25, -0.2) is 4.79 Å². The molecule has 0 saturated heterocycles. The van der Waals surface area contributed by atoms with E-state index >= 15 is 0 Å². The van der Waals surface area contributed by atoms with Crippen LogP contribution in [-0.2, 0) is 4.79 Å². The molecule has 1 heterocycles. The number of aromatic amines is 1. The largest absolute Gasteiger partial charge is 0.478 e. The number of rotatable bonds is 6. The SMILES string of the molecule is O=C(O)C=Cc1ccc(C(=C(c2ccccc2)C2CCC2)c2cccc3[nH]ncc23)cc1. The lowest BCUT2D eigenvalue weighted by Gasteiger charge is -2.31. The third kappa shape index (κ3) is 3.87. The highest BCUT2D eigenvalue weighted by atomic mass is 16.4. The second-order valence-electron chi connectivity index (χ2n) is 8.21. The van der Waals surface area contributed by atoms with Gasteiger partial charge >= 0.3 is 5.97 Å². The van der Waals surface area contributed by atoms with Crippen molar-refractivity contribution >= 4 is 34.1 Å². The Labute approximate surface area is 186 Å². The van der Waals surface area contributed by atoms with Gasteiger partial charge in [0.15, 0.2) is 0 Å². The summed E-state index contributed by atoms with van der Waals surface area (Å²) in [5.41, 5.74) is 8.01. The van der Waals surface area contributed by atoms with Gasteiger partial charge in [-0.05, 0) is 64.3 Å². The summed E-state index contributed by atoms with van der Waals surface area (Å²) in [5, 5.41) is 17.4. The van der Waals surface area contributed by atoms with Crippen molar-refractivity contribution in [2.45, 2.75) is 19.3 Å². The highest BCUT2D eigenvalue weighted by Gasteiger charge is 2.27. The number of nitrogens with one attached hydrogen (secondary N) is 1. The summed E-state index contributed by atoms with van der Waals surface area (Å²) in [6.45, 7) is 0. The number of carbonyl (C=O) groups is 1. The number of fused-ring (bicyclic) bond motifs is 1. The lowest BCUT2D eigenvalue weighted by Crippen LogP contribution is -2.15. The van der Waals surface area contributed by atoms with Crippen LogP contribution >= 0.6 is 0 Å². The molecule has 3 aromatic carbocycles. The Morgan fingerprint density at radius 2 is 1.72 bits per heavy atom. The minimum absolute atomic E-state index is 0.515. The minimum Gasteiger partial charge on any atom is -0.478 e. The zero-order valence-corrected chi connectivity index (χ0v) is 17.7. The Bertz CT molecular complexity index is 1310. The standard InChI is InChI=1S/C28H24N2O2/c31-26(32)17-14-19-12-15-22(16-13-19)28(23-10-5-11-25-24(23)18-29-30-25)27(21-8-4-9-21)20-6-2-1-3-7-20/h1-3,5-7,10-18,21H,4,8-9H2,(H,29,30)(H,31,32). The van der Waals surface area contributed by atoms with Gasteiger partial charge in [0.1, 0.15) is 0 Å². The monoisotopic (exact) mass is 420 g/mol. The quantitative estimate of drug-likeness (QED) is 0.279. The first-order valence-corrected chi connectivity index (χ1v) is 10.9. The van der Waals surface area contributed by atoms with E-state index in [4.69, 9.17) is 5.11 Å². The molecule has 2 N–H and O–H groups in total. The number of aliphatic carboxylic acids is 1. The average molecular weight is 421 g/mol. The Hall–Kier alpha value is -3.92. The van der Waals surface area contributed by atoms with E-state index in [1.54, 1.807) is 6.08 Å². The van der Waals surface area contributed by atoms with Crippen molar-refractivity contribution < 1.29 is 9.90 Å². The number of nitrogens with zero attached hydrogens (tertiary/aromatic N) is 1. The molecule has 0 amide bonds. The number of carboxylic acids is 1. The van der Waals surface area contributed by atoms with Crippen LogP contribution in [0.15, 0.2) is 85.1 Å². The second-order valence-corrected chi connectivity index (χ2v) is 8.21. The molecule has 4 heteroatoms. The summed E-state index contributed by atoms with van der Waals surface area (Å²) in [4.78, 5) is 10.9. The molecule has 1 aliphatic carbocycles. The molecule has 0 radical (unpaired) electrons. The molecule has 1 fully saturated rings. The summed E-state index contributed by atoms with van der Waals surface area (Å²) < 4.78 is 0. The van der Waals surface area contributed by atoms with Crippen molar-refractivity contribution in [3.63, 3.8) is 0 Å². The van der Waals surface area contributed by atoms with E-state index in [0.29, 0.717) is 5.92 Å². The molecule has 158 valence electrons. The zero-order valence-electron chi connectivity index (χ0n) is 17.7. The molecular formula is C28H24N2O2. The number of hydrogen-bond donors (Lipinski definition) is 2. The van der Waals surface area contributed by atoms with E-state index < -0.39 is 5.97 Å². The predicted octanol–water partition coefficient (Wildman–Crippen LogP) is 6.42. The summed E-state index contributed by atoms with van der Waals surface area (Å²) in [7, 11) is 0. The fourth-order valence-electron chi connectivity index (χ4n) is 4.47. The Kier molecular flexibility index (Phi) is 5.42. The summed E-state index contributed by atoms with van der Waals surface area (Å²) in [6.07, 6.45) is 8.32. The van der Waals surface area contributed by atoms with E-state index in [0.717, 1.165) is 27.6 Å². The van der Waals surface area contributed by atoms with E-state index in [9.17, 15) is 4.79 Å². The first-order chi connectivity index (χ1) is 15.7. The summed E-state index contributed by atoms with van der Waals surface area (Å²) in [5.74, 6) is -0.432. The van der Waals surface area contributed by atoms with Crippen molar-refractivity contribution in [1.82, 2.24) is 10.2 Å². The molecular weight excluding hydrogens is 396 g/mol. The maximum absolute atomic E-state index is 10.9. The van der Waals surface area contributed by atoms with Gasteiger partial charge in [-0.3, -0.25) is 5.10 Å². The smallest absolute Gasteiger partial charge is 0.328 e. The molecule has 0 bridgehead atoms. The van der Waals surface area contributed by atoms with Crippen molar-refractivity contribution in [2.75, 3.05) is 0 Å². The van der Waals surface area contributed by atoms with Gasteiger partial charge in [0, 0.05) is 11.5 Å². The lowest BCUT2D eigenvalue weighted by molar-refractivity contribution is -0.131. The van der Waals surface area contributed by atoms with Gasteiger partial charge < -0.3 is 5.11 Å². The average Bonchev–Trinajstić information content (AvgIpc) is 3.27. The topological polar surface area (TPSA) is 66.0 Å². The molecule has 1 aliphatic rings. The highest BCUT2D eigenvalue weighted by molar-refractivity contribution is 6.06. The Morgan fingerprint density at radius 3 is 2.41 bits per heavy atom. The van der Waals surface area contributed by atoms with Crippen LogP contribution in [0.5, 0.6) is 0 Å². The van der Waals surface area contributed by atoms with Crippen LogP contribution in [0.3, 0.4) is 0 Å². The van der Waals surface area contributed by atoms with E-state index in [-0.39, 0.29) is 0 Å². The van der Waals surface area contributed by atoms with Crippen LogP contribution in [0.1, 0.15) is 41.5 Å². The molecule has 0 unspecified atom stereocenters. The van der Waals surface area contributed by atoms with Crippen molar-refractivity contribution in [3.05, 3.63) is 107 Å². The third-order valence-corrected chi connectivity index (χ3v) is 6.24. The number of allylic oxidation sites excluding steroid dienone is 1. The number of H-pyrrole nitrogens is 1. The number of benzene rings is 3. The fourth-order valence-corrected chi connectivity index (χ4v) is 4.47. The first kappa shape index (κ1) is 20.0. The number of hydrogen-bond acceptors (Lipinski definition) is 2. The predicted molar refractivity (Wildman–Crippen MR) is 129 cm³/mol. The maximum atomic E-state index is 10.9. The molecule has 4 aromatic rings. The van der Waals surface area contributed by atoms with Gasteiger partial charge in [-0.1, -0.05) is 73.2 Å². The molecule has 32 heavy (non-hydrogen) atoms. The van der Waals surface area contributed by atoms with Gasteiger partial charge in [-0.15, -0.1) is 0 Å². The van der Waals surface area contributed by atoms with Crippen LogP contribution in [0.25, 0.3) is 28.1 Å². The second kappa shape index (κ2) is 8.67. The van der Waals surface area contributed by atoms with Gasteiger partial charge in [0.25, 0.3) is 0 Å². The maximum Gasteiger partial charge on any atom is 0.328 e. The van der Waals surface area contributed by atoms with E-state index in [2.05, 4.69) is 70.9 Å². The molecule has 4 nitrogen and oxygen atoms in total. The lowest BCUT2D eigenvalue weighted by atomic mass is 9.73. The number of carboxylic acid groups (broad SMARTS) is 1. The fraction of sp³-hybridized carbons (Fsp3) is 0.143. The van der Waals surface area contributed by atoms with E-state index in [1.165, 1.54) is 42.0 Å². The third-order valence-electron chi connectivity index (χ3n) is 6.24. The minimum atomic E-state index is -0.947. The molecule has 0 atom stereocenters. The van der Waals surface area contributed by atoms with Gasteiger partial charge in [0.2, 0.25) is 0 Å². The Balaban J connectivity index is 1.75. The molecule has 5 rings (SSSR count). The molecule has 0 aliphatic heterocycles. The Morgan fingerprint density at radius 1 is 0.938 bits per heavy atom. The molecule has 1 saturated carbocycles. The van der Waals surface area contributed by atoms with Crippen LogP contribution in [0.4, 0.5) is 0 Å².